The molecule has 40 heavy (non-hydrogen) atoms. The van der Waals surface area contributed by atoms with Crippen LogP contribution in [0.15, 0.2) is 36.5 Å². The van der Waals surface area contributed by atoms with Crippen LogP contribution in [0.4, 0.5) is 0 Å². The van der Waals surface area contributed by atoms with E-state index < -0.39 is 0 Å². The van der Waals surface area contributed by atoms with Crippen molar-refractivity contribution in [1.29, 1.82) is 0 Å². The van der Waals surface area contributed by atoms with Gasteiger partial charge in [-0.1, -0.05) is 205 Å². The van der Waals surface area contributed by atoms with E-state index in [1.54, 1.807) is 6.08 Å². The highest BCUT2D eigenvalue weighted by Crippen LogP contribution is 2.14. The number of unbranched alkanes of at least 4 members (excludes halogenated alkanes) is 26. The smallest absolute Gasteiger partial charge is 0.330 e. The van der Waals surface area contributed by atoms with Crippen molar-refractivity contribution < 1.29 is 9.53 Å². The van der Waals surface area contributed by atoms with E-state index in [1.807, 2.05) is 12.2 Å². The van der Waals surface area contributed by atoms with Gasteiger partial charge in [0.15, 0.2) is 0 Å². The monoisotopic (exact) mass is 559 g/mol. The molecule has 0 aromatic carbocycles. The minimum absolute atomic E-state index is 0.226. The largest absolute Gasteiger partial charge is 0.463 e. The molecule has 2 heteroatoms. The second kappa shape index (κ2) is 35.7. The summed E-state index contributed by atoms with van der Waals surface area (Å²) in [5, 5.41) is 0. The molecule has 0 atom stereocenters. The molecule has 0 aliphatic carbocycles. The molecule has 0 radical (unpaired) electrons. The maximum atomic E-state index is 11.8. The van der Waals surface area contributed by atoms with Gasteiger partial charge in [-0.25, -0.2) is 4.79 Å². The Bertz CT molecular complexity index is 574. The predicted octanol–water partition coefficient (Wildman–Crippen LogP) is 13.2. The highest BCUT2D eigenvalue weighted by Gasteiger charge is 1.97. The van der Waals surface area contributed by atoms with Crippen LogP contribution >= 0.6 is 0 Å². The number of esters is 1. The molecule has 0 bridgehead atoms. The molecule has 0 unspecified atom stereocenters. The Hall–Kier alpha value is -1.31. The number of ether oxygens (including phenoxy) is 1. The Labute approximate surface area is 251 Å². The molecule has 0 saturated heterocycles. The molecule has 0 aromatic heterocycles. The van der Waals surface area contributed by atoms with E-state index in [4.69, 9.17) is 4.74 Å². The molecule has 0 aromatic rings. The van der Waals surface area contributed by atoms with Gasteiger partial charge in [-0.05, 0) is 19.3 Å². The van der Waals surface area contributed by atoms with Crippen LogP contribution in [0.5, 0.6) is 0 Å². The maximum absolute atomic E-state index is 11.8. The van der Waals surface area contributed by atoms with Gasteiger partial charge in [0, 0.05) is 6.08 Å². The van der Waals surface area contributed by atoms with Crippen LogP contribution in [-0.2, 0) is 9.53 Å². The zero-order valence-electron chi connectivity index (χ0n) is 27.3. The number of carbonyl (C=O) groups excluding carboxylic acids is 1. The first-order chi connectivity index (χ1) is 19.8. The SMILES string of the molecule is CCCCCCCCCCCCCC=CC=CC=CC(=O)OCCCCCCCCCCCCCCCCCC. The normalized spacial score (nSPS) is 11.9. The Kier molecular flexibility index (Phi) is 34.5. The van der Waals surface area contributed by atoms with Crippen LogP contribution in [0, 0.1) is 0 Å². The number of carbonyl (C=O) groups is 1. The van der Waals surface area contributed by atoms with Gasteiger partial charge in [0.2, 0.25) is 0 Å². The molecule has 0 aliphatic rings. The lowest BCUT2D eigenvalue weighted by Crippen LogP contribution is -2.02. The van der Waals surface area contributed by atoms with Crippen LogP contribution in [0.1, 0.15) is 194 Å². The fourth-order valence-electron chi connectivity index (χ4n) is 5.23. The van der Waals surface area contributed by atoms with Gasteiger partial charge < -0.3 is 4.74 Å². The van der Waals surface area contributed by atoms with Crippen molar-refractivity contribution in [2.45, 2.75) is 194 Å². The second-order valence-corrected chi connectivity index (χ2v) is 12.0. The van der Waals surface area contributed by atoms with E-state index in [0.29, 0.717) is 6.61 Å². The van der Waals surface area contributed by atoms with Crippen molar-refractivity contribution in [3.05, 3.63) is 36.5 Å². The standard InChI is InChI=1S/C38H70O2/c1-3-5-7-9-11-13-15-17-19-21-22-24-26-28-30-32-34-36-38(39)40-37-35-33-31-29-27-25-23-20-18-16-14-12-10-8-6-4-2/h26,28,30,32,34,36H,3-25,27,29,31,33,35,37H2,1-2H3. The summed E-state index contributed by atoms with van der Waals surface area (Å²) in [6.07, 6.45) is 49.7. The average Bonchev–Trinajstić information content (AvgIpc) is 2.96. The van der Waals surface area contributed by atoms with Crippen molar-refractivity contribution in [3.63, 3.8) is 0 Å². The number of hydrogen-bond donors (Lipinski definition) is 0. The third-order valence-electron chi connectivity index (χ3n) is 7.92. The van der Waals surface area contributed by atoms with Crippen molar-refractivity contribution in [3.8, 4) is 0 Å². The third-order valence-corrected chi connectivity index (χ3v) is 7.92. The summed E-state index contributed by atoms with van der Waals surface area (Å²) in [4.78, 5) is 11.8. The topological polar surface area (TPSA) is 26.3 Å². The summed E-state index contributed by atoms with van der Waals surface area (Å²) in [5.41, 5.74) is 0. The maximum Gasteiger partial charge on any atom is 0.330 e. The fraction of sp³-hybridized carbons (Fsp3) is 0.816. The molecule has 0 spiro atoms. The second-order valence-electron chi connectivity index (χ2n) is 12.0. The summed E-state index contributed by atoms with van der Waals surface area (Å²) in [7, 11) is 0. The lowest BCUT2D eigenvalue weighted by atomic mass is 10.0. The quantitative estimate of drug-likeness (QED) is 0.0355. The van der Waals surface area contributed by atoms with Crippen molar-refractivity contribution in [2.24, 2.45) is 0 Å². The van der Waals surface area contributed by atoms with Gasteiger partial charge in [0.25, 0.3) is 0 Å². The third kappa shape index (κ3) is 34.7. The lowest BCUT2D eigenvalue weighted by molar-refractivity contribution is -0.137. The van der Waals surface area contributed by atoms with E-state index >= 15 is 0 Å². The minimum Gasteiger partial charge on any atom is -0.463 e. The molecule has 0 fully saturated rings. The van der Waals surface area contributed by atoms with Gasteiger partial charge >= 0.3 is 5.97 Å². The Morgan fingerprint density at radius 1 is 0.425 bits per heavy atom. The first-order valence-electron chi connectivity index (χ1n) is 18.0. The first-order valence-corrected chi connectivity index (χ1v) is 18.0. The van der Waals surface area contributed by atoms with Crippen molar-refractivity contribution in [1.82, 2.24) is 0 Å². The molecule has 2 nitrogen and oxygen atoms in total. The van der Waals surface area contributed by atoms with Crippen molar-refractivity contribution in [2.75, 3.05) is 6.61 Å². The zero-order chi connectivity index (χ0) is 29.0. The van der Waals surface area contributed by atoms with E-state index in [0.717, 1.165) is 12.8 Å². The molecular weight excluding hydrogens is 488 g/mol. The van der Waals surface area contributed by atoms with E-state index in [-0.39, 0.29) is 5.97 Å². The van der Waals surface area contributed by atoms with E-state index in [1.165, 1.54) is 173 Å². The molecule has 0 saturated carbocycles. The van der Waals surface area contributed by atoms with Gasteiger partial charge in [0.05, 0.1) is 6.61 Å². The molecule has 234 valence electrons. The van der Waals surface area contributed by atoms with Gasteiger partial charge in [-0.15, -0.1) is 0 Å². The number of hydrogen-bond acceptors (Lipinski definition) is 2. The van der Waals surface area contributed by atoms with Gasteiger partial charge in [0.1, 0.15) is 0 Å². The first kappa shape index (κ1) is 38.7. The zero-order valence-corrected chi connectivity index (χ0v) is 27.3. The van der Waals surface area contributed by atoms with Crippen LogP contribution in [-0.4, -0.2) is 12.6 Å². The predicted molar refractivity (Wildman–Crippen MR) is 179 cm³/mol. The van der Waals surface area contributed by atoms with Gasteiger partial charge in [-0.2, -0.15) is 0 Å². The highest BCUT2D eigenvalue weighted by atomic mass is 16.5. The summed E-state index contributed by atoms with van der Waals surface area (Å²) in [6, 6.07) is 0. The summed E-state index contributed by atoms with van der Waals surface area (Å²) >= 11 is 0. The lowest BCUT2D eigenvalue weighted by Gasteiger charge is -2.04. The highest BCUT2D eigenvalue weighted by molar-refractivity contribution is 5.82. The van der Waals surface area contributed by atoms with Crippen molar-refractivity contribution >= 4 is 5.97 Å². The summed E-state index contributed by atoms with van der Waals surface area (Å²) in [6.45, 7) is 5.11. The summed E-state index contributed by atoms with van der Waals surface area (Å²) in [5.74, 6) is -0.226. The molecular formula is C38H70O2. The average molecular weight is 559 g/mol. The Balaban J connectivity index is 3.34. The number of allylic oxidation sites excluding steroid dienone is 5. The fourth-order valence-corrected chi connectivity index (χ4v) is 5.23. The number of rotatable bonds is 32. The Morgan fingerprint density at radius 3 is 1.20 bits per heavy atom. The van der Waals surface area contributed by atoms with Crippen LogP contribution in [0.25, 0.3) is 0 Å². The molecule has 0 rings (SSSR count). The molecule has 0 heterocycles. The van der Waals surface area contributed by atoms with Gasteiger partial charge in [-0.3, -0.25) is 0 Å². The van der Waals surface area contributed by atoms with Crippen LogP contribution in [0.3, 0.4) is 0 Å². The molecule has 0 aliphatic heterocycles. The van der Waals surface area contributed by atoms with E-state index in [9.17, 15) is 4.79 Å². The Morgan fingerprint density at radius 2 is 0.775 bits per heavy atom. The minimum atomic E-state index is -0.226. The van der Waals surface area contributed by atoms with Crippen LogP contribution < -0.4 is 0 Å². The van der Waals surface area contributed by atoms with E-state index in [2.05, 4.69) is 26.0 Å². The van der Waals surface area contributed by atoms with Crippen LogP contribution in [0.2, 0.25) is 0 Å². The molecule has 0 N–H and O–H groups in total. The summed E-state index contributed by atoms with van der Waals surface area (Å²) < 4.78 is 5.31. The molecule has 0 amide bonds.